The van der Waals surface area contributed by atoms with Crippen LogP contribution in [0.5, 0.6) is 0 Å². The largest absolute Gasteiger partial charge is 0.310 e. The van der Waals surface area contributed by atoms with Gasteiger partial charge < -0.3 is 4.90 Å². The van der Waals surface area contributed by atoms with Gasteiger partial charge in [-0.05, 0) is 24.5 Å². The van der Waals surface area contributed by atoms with Gasteiger partial charge in [-0.2, -0.15) is 0 Å². The molecule has 19 heavy (non-hydrogen) atoms. The number of hydrogen-bond donors (Lipinski definition) is 0. The predicted molar refractivity (Wildman–Crippen MR) is 82.3 cm³/mol. The van der Waals surface area contributed by atoms with Gasteiger partial charge in [0, 0.05) is 35.1 Å². The van der Waals surface area contributed by atoms with E-state index in [1.165, 1.54) is 18.7 Å². The van der Waals surface area contributed by atoms with E-state index in [4.69, 9.17) is 11.6 Å². The monoisotopic (exact) mass is 315 g/mol. The summed E-state index contributed by atoms with van der Waals surface area (Å²) in [4.78, 5) is 26.0. The van der Waals surface area contributed by atoms with E-state index < -0.39 is 0 Å². The van der Waals surface area contributed by atoms with Gasteiger partial charge in [0.25, 0.3) is 0 Å². The molecule has 1 aromatic carbocycles. The van der Waals surface area contributed by atoms with E-state index in [0.29, 0.717) is 18.0 Å². The number of amides is 1. The van der Waals surface area contributed by atoms with Crippen molar-refractivity contribution >= 4 is 51.8 Å². The molecule has 6 heteroatoms. The Morgan fingerprint density at radius 1 is 1.47 bits per heavy atom. The Hall–Kier alpha value is -0.650. The molecule has 1 aromatic rings. The number of anilines is 1. The van der Waals surface area contributed by atoms with E-state index in [2.05, 4.69) is 0 Å². The molecule has 1 unspecified atom stereocenters. The number of thioether (sulfide) groups is 2. The Morgan fingerprint density at radius 3 is 2.84 bits per heavy atom. The summed E-state index contributed by atoms with van der Waals surface area (Å²) in [6.45, 7) is 2.10. The lowest BCUT2D eigenvalue weighted by Gasteiger charge is -2.19. The second-order valence-corrected chi connectivity index (χ2v) is 7.02. The molecule has 3 nitrogen and oxygen atoms in total. The first-order valence-corrected chi connectivity index (χ1v) is 8.30. The van der Waals surface area contributed by atoms with Crippen LogP contribution >= 0.6 is 35.1 Å². The lowest BCUT2D eigenvalue weighted by molar-refractivity contribution is -0.117. The SMILES string of the molecule is CSc1ccc(Cl)cc1N1CC(SC(C)=O)CC1=O. The molecule has 1 aliphatic heterocycles. The Morgan fingerprint density at radius 2 is 2.21 bits per heavy atom. The van der Waals surface area contributed by atoms with Crippen molar-refractivity contribution in [2.75, 3.05) is 17.7 Å². The molecule has 102 valence electrons. The van der Waals surface area contributed by atoms with Crippen LogP contribution in [0.25, 0.3) is 0 Å². The van der Waals surface area contributed by atoms with Crippen molar-refractivity contribution in [2.24, 2.45) is 0 Å². The number of carbonyl (C=O) groups is 2. The minimum atomic E-state index is 0.0405. The van der Waals surface area contributed by atoms with E-state index >= 15 is 0 Å². The standard InChI is InChI=1S/C13H14ClNO2S2/c1-8(16)19-10-6-13(17)15(7-10)11-5-9(14)3-4-12(11)18-2/h3-5,10H,6-7H2,1-2H3. The fourth-order valence-electron chi connectivity index (χ4n) is 2.10. The second kappa shape index (κ2) is 6.20. The maximum atomic E-state index is 12.1. The van der Waals surface area contributed by atoms with Crippen molar-refractivity contribution in [1.82, 2.24) is 0 Å². The van der Waals surface area contributed by atoms with Gasteiger partial charge >= 0.3 is 0 Å². The third-order valence-electron chi connectivity index (χ3n) is 2.85. The Bertz CT molecular complexity index is 521. The Kier molecular flexibility index (Phi) is 4.81. The summed E-state index contributed by atoms with van der Waals surface area (Å²) in [6, 6.07) is 5.55. The predicted octanol–water partition coefficient (Wildman–Crippen LogP) is 3.45. The van der Waals surface area contributed by atoms with Crippen molar-refractivity contribution in [2.45, 2.75) is 23.5 Å². The highest BCUT2D eigenvalue weighted by molar-refractivity contribution is 8.14. The van der Waals surface area contributed by atoms with Crippen LogP contribution in [0.3, 0.4) is 0 Å². The molecule has 1 aliphatic rings. The fraction of sp³-hybridized carbons (Fsp3) is 0.385. The normalized spacial score (nSPS) is 19.0. The van der Waals surface area contributed by atoms with Gasteiger partial charge in [-0.1, -0.05) is 23.4 Å². The summed E-state index contributed by atoms with van der Waals surface area (Å²) in [5.41, 5.74) is 0.844. The summed E-state index contributed by atoms with van der Waals surface area (Å²) in [6.07, 6.45) is 2.37. The number of benzene rings is 1. The highest BCUT2D eigenvalue weighted by Crippen LogP contribution is 2.36. The lowest BCUT2D eigenvalue weighted by Crippen LogP contribution is -2.25. The molecule has 0 radical (unpaired) electrons. The third kappa shape index (κ3) is 3.46. The van der Waals surface area contributed by atoms with Crippen molar-refractivity contribution in [1.29, 1.82) is 0 Å². The van der Waals surface area contributed by atoms with Crippen LogP contribution in [-0.4, -0.2) is 29.1 Å². The van der Waals surface area contributed by atoms with Crippen LogP contribution in [-0.2, 0) is 9.59 Å². The molecule has 0 spiro atoms. The second-order valence-electron chi connectivity index (χ2n) is 4.26. The summed E-state index contributed by atoms with van der Waals surface area (Å²) in [7, 11) is 0. The van der Waals surface area contributed by atoms with Crippen LogP contribution in [0.1, 0.15) is 13.3 Å². The zero-order valence-electron chi connectivity index (χ0n) is 10.7. The van der Waals surface area contributed by atoms with E-state index in [1.54, 1.807) is 16.7 Å². The molecule has 1 atom stereocenters. The lowest BCUT2D eigenvalue weighted by atomic mass is 10.3. The van der Waals surface area contributed by atoms with Crippen molar-refractivity contribution in [3.8, 4) is 0 Å². The van der Waals surface area contributed by atoms with E-state index in [9.17, 15) is 9.59 Å². The van der Waals surface area contributed by atoms with Gasteiger partial charge in [0.15, 0.2) is 5.12 Å². The summed E-state index contributed by atoms with van der Waals surface area (Å²) >= 11 is 8.84. The van der Waals surface area contributed by atoms with E-state index in [0.717, 1.165) is 10.6 Å². The van der Waals surface area contributed by atoms with Gasteiger partial charge in [0.2, 0.25) is 5.91 Å². The van der Waals surface area contributed by atoms with E-state index in [1.807, 2.05) is 24.5 Å². The maximum Gasteiger partial charge on any atom is 0.228 e. The average molecular weight is 316 g/mol. The highest BCUT2D eigenvalue weighted by Gasteiger charge is 2.33. The molecule has 1 saturated heterocycles. The molecule has 1 heterocycles. The molecule has 0 saturated carbocycles. The summed E-state index contributed by atoms with van der Waals surface area (Å²) < 4.78 is 0. The summed E-state index contributed by atoms with van der Waals surface area (Å²) in [5, 5.41) is 0.706. The Labute approximate surface area is 126 Å². The quantitative estimate of drug-likeness (QED) is 0.801. The maximum absolute atomic E-state index is 12.1. The molecule has 1 amide bonds. The van der Waals surface area contributed by atoms with Crippen molar-refractivity contribution in [3.63, 3.8) is 0 Å². The highest BCUT2D eigenvalue weighted by atomic mass is 35.5. The van der Waals surface area contributed by atoms with Gasteiger partial charge in [-0.3, -0.25) is 9.59 Å². The van der Waals surface area contributed by atoms with Gasteiger partial charge in [-0.25, -0.2) is 0 Å². The van der Waals surface area contributed by atoms with Crippen LogP contribution in [0, 0.1) is 0 Å². The number of nitrogens with zero attached hydrogens (tertiary/aromatic N) is 1. The molecule has 0 bridgehead atoms. The van der Waals surface area contributed by atoms with E-state index in [-0.39, 0.29) is 16.3 Å². The first kappa shape index (κ1) is 14.8. The summed E-state index contributed by atoms with van der Waals surface area (Å²) in [5.74, 6) is 0.0521. The molecule has 1 fully saturated rings. The van der Waals surface area contributed by atoms with Gasteiger partial charge in [0.05, 0.1) is 5.69 Å². The first-order chi connectivity index (χ1) is 9.01. The number of hydrogen-bond acceptors (Lipinski definition) is 4. The fourth-order valence-corrected chi connectivity index (χ4v) is 3.76. The molecule has 0 aliphatic carbocycles. The minimum Gasteiger partial charge on any atom is -0.310 e. The number of rotatable bonds is 3. The molecule has 2 rings (SSSR count). The average Bonchev–Trinajstić information content (AvgIpc) is 2.69. The number of halogens is 1. The van der Waals surface area contributed by atoms with Crippen molar-refractivity contribution in [3.05, 3.63) is 23.2 Å². The van der Waals surface area contributed by atoms with Crippen LogP contribution in [0.2, 0.25) is 5.02 Å². The van der Waals surface area contributed by atoms with Crippen molar-refractivity contribution < 1.29 is 9.59 Å². The zero-order valence-corrected chi connectivity index (χ0v) is 13.1. The van der Waals surface area contributed by atoms with Crippen LogP contribution < -0.4 is 4.90 Å². The molecule has 0 aromatic heterocycles. The number of carbonyl (C=O) groups excluding carboxylic acids is 2. The molecule has 0 N–H and O–H groups in total. The molecular formula is C13H14ClNO2S2. The van der Waals surface area contributed by atoms with Crippen LogP contribution in [0.15, 0.2) is 23.1 Å². The first-order valence-electron chi connectivity index (χ1n) is 5.82. The molecular weight excluding hydrogens is 302 g/mol. The topological polar surface area (TPSA) is 37.4 Å². The van der Waals surface area contributed by atoms with Crippen LogP contribution in [0.4, 0.5) is 5.69 Å². The van der Waals surface area contributed by atoms with Gasteiger partial charge in [-0.15, -0.1) is 11.8 Å². The minimum absolute atomic E-state index is 0.0405. The smallest absolute Gasteiger partial charge is 0.228 e. The zero-order chi connectivity index (χ0) is 14.0. The Balaban J connectivity index is 2.25. The third-order valence-corrected chi connectivity index (χ3v) is 4.86. The van der Waals surface area contributed by atoms with Gasteiger partial charge in [0.1, 0.15) is 0 Å².